The highest BCUT2D eigenvalue weighted by Crippen LogP contribution is 2.31. The van der Waals surface area contributed by atoms with Crippen molar-refractivity contribution in [2.45, 2.75) is 38.6 Å². The highest BCUT2D eigenvalue weighted by atomic mass is 16.2. The molecule has 1 aliphatic heterocycles. The van der Waals surface area contributed by atoms with Crippen LogP contribution < -0.4 is 0 Å². The molecular formula is C20H22N4O. The number of hydrogen-bond donors (Lipinski definition) is 1. The summed E-state index contributed by atoms with van der Waals surface area (Å²) in [7, 11) is 0. The number of rotatable bonds is 4. The standard InChI is InChI=1S/C20H22N4O/c1-14-11-21-13-18(23-14)19-7-4-10-24(19)20(25)9-8-15-12-22-17-6-3-2-5-16(15)17/h2-3,5-6,11-13,19,22H,4,7-10H2,1H3. The van der Waals surface area contributed by atoms with Crippen LogP contribution in [0.25, 0.3) is 10.9 Å². The summed E-state index contributed by atoms with van der Waals surface area (Å²) in [6.07, 6.45) is 8.84. The molecule has 0 saturated carbocycles. The number of H-pyrrole nitrogens is 1. The average molecular weight is 334 g/mol. The summed E-state index contributed by atoms with van der Waals surface area (Å²) >= 11 is 0. The van der Waals surface area contributed by atoms with Crippen molar-refractivity contribution in [2.24, 2.45) is 0 Å². The SMILES string of the molecule is Cc1cncc(C2CCCN2C(=O)CCc2c[nH]c3ccccc23)n1. The molecule has 0 aliphatic carbocycles. The van der Waals surface area contributed by atoms with Gasteiger partial charge in [-0.3, -0.25) is 14.8 Å². The molecule has 3 heterocycles. The Hall–Kier alpha value is -2.69. The van der Waals surface area contributed by atoms with Crippen LogP contribution in [-0.4, -0.2) is 32.3 Å². The lowest BCUT2D eigenvalue weighted by atomic mass is 10.1. The summed E-state index contributed by atoms with van der Waals surface area (Å²) < 4.78 is 0. The Morgan fingerprint density at radius 3 is 3.08 bits per heavy atom. The number of nitrogens with one attached hydrogen (secondary N) is 1. The van der Waals surface area contributed by atoms with Crippen molar-refractivity contribution >= 4 is 16.8 Å². The lowest BCUT2D eigenvalue weighted by Gasteiger charge is -2.24. The minimum absolute atomic E-state index is 0.0721. The van der Waals surface area contributed by atoms with E-state index in [1.807, 2.05) is 30.2 Å². The molecule has 1 fully saturated rings. The van der Waals surface area contributed by atoms with Gasteiger partial charge in [-0.15, -0.1) is 0 Å². The van der Waals surface area contributed by atoms with E-state index in [9.17, 15) is 4.79 Å². The third-order valence-corrected chi connectivity index (χ3v) is 4.97. The molecule has 1 N–H and O–H groups in total. The van der Waals surface area contributed by atoms with Gasteiger partial charge in [0.2, 0.25) is 5.91 Å². The van der Waals surface area contributed by atoms with Crippen molar-refractivity contribution in [3.63, 3.8) is 0 Å². The van der Waals surface area contributed by atoms with Gasteiger partial charge < -0.3 is 9.88 Å². The van der Waals surface area contributed by atoms with Gasteiger partial charge in [0.15, 0.2) is 0 Å². The molecule has 0 bridgehead atoms. The van der Waals surface area contributed by atoms with Crippen LogP contribution in [0.5, 0.6) is 0 Å². The number of aryl methyl sites for hydroxylation is 2. The van der Waals surface area contributed by atoms with Crippen molar-refractivity contribution < 1.29 is 4.79 Å². The summed E-state index contributed by atoms with van der Waals surface area (Å²) in [6, 6.07) is 8.29. The molecule has 0 spiro atoms. The zero-order valence-electron chi connectivity index (χ0n) is 14.4. The third-order valence-electron chi connectivity index (χ3n) is 4.97. The van der Waals surface area contributed by atoms with E-state index in [0.717, 1.165) is 42.7 Å². The number of hydrogen-bond acceptors (Lipinski definition) is 3. The first-order valence-corrected chi connectivity index (χ1v) is 8.85. The summed E-state index contributed by atoms with van der Waals surface area (Å²) in [5.74, 6) is 0.205. The molecule has 1 atom stereocenters. The number of carbonyl (C=O) groups is 1. The molecule has 25 heavy (non-hydrogen) atoms. The van der Waals surface area contributed by atoms with Gasteiger partial charge in [0, 0.05) is 36.3 Å². The number of para-hydroxylation sites is 1. The Balaban J connectivity index is 1.47. The minimum Gasteiger partial charge on any atom is -0.361 e. The Kier molecular flexibility index (Phi) is 4.22. The zero-order valence-corrected chi connectivity index (χ0v) is 14.4. The van der Waals surface area contributed by atoms with E-state index < -0.39 is 0 Å². The summed E-state index contributed by atoms with van der Waals surface area (Å²) in [5, 5.41) is 1.21. The van der Waals surface area contributed by atoms with Crippen LogP contribution in [0.4, 0.5) is 0 Å². The number of aromatic amines is 1. The quantitative estimate of drug-likeness (QED) is 0.793. The molecule has 5 nitrogen and oxygen atoms in total. The average Bonchev–Trinajstić information content (AvgIpc) is 3.27. The number of amides is 1. The molecule has 128 valence electrons. The van der Waals surface area contributed by atoms with Crippen molar-refractivity contribution in [1.82, 2.24) is 19.9 Å². The number of benzene rings is 1. The number of fused-ring (bicyclic) bond motifs is 1. The number of carbonyl (C=O) groups excluding carboxylic acids is 1. The molecule has 1 saturated heterocycles. The zero-order chi connectivity index (χ0) is 17.2. The molecule has 2 aromatic heterocycles. The fraction of sp³-hybridized carbons (Fsp3) is 0.350. The van der Waals surface area contributed by atoms with Crippen LogP contribution in [0.3, 0.4) is 0 Å². The van der Waals surface area contributed by atoms with E-state index in [4.69, 9.17) is 0 Å². The van der Waals surface area contributed by atoms with Crippen LogP contribution in [0.1, 0.15) is 42.3 Å². The summed E-state index contributed by atoms with van der Waals surface area (Å²) in [4.78, 5) is 26.9. The third kappa shape index (κ3) is 3.14. The number of likely N-dealkylation sites (tertiary alicyclic amines) is 1. The monoisotopic (exact) mass is 334 g/mol. The Morgan fingerprint density at radius 1 is 1.32 bits per heavy atom. The van der Waals surface area contributed by atoms with E-state index in [1.54, 1.807) is 12.4 Å². The van der Waals surface area contributed by atoms with Gasteiger partial charge in [-0.25, -0.2) is 0 Å². The van der Waals surface area contributed by atoms with Gasteiger partial charge in [0.05, 0.1) is 23.6 Å². The maximum atomic E-state index is 12.8. The van der Waals surface area contributed by atoms with Crippen LogP contribution in [0, 0.1) is 6.92 Å². The van der Waals surface area contributed by atoms with Crippen molar-refractivity contribution in [3.8, 4) is 0 Å². The Morgan fingerprint density at radius 2 is 2.20 bits per heavy atom. The second kappa shape index (κ2) is 6.67. The van der Waals surface area contributed by atoms with Crippen molar-refractivity contribution in [1.29, 1.82) is 0 Å². The fourth-order valence-corrected chi connectivity index (χ4v) is 3.74. The lowest BCUT2D eigenvalue weighted by Crippen LogP contribution is -2.31. The largest absolute Gasteiger partial charge is 0.361 e. The van der Waals surface area contributed by atoms with Crippen LogP contribution >= 0.6 is 0 Å². The van der Waals surface area contributed by atoms with E-state index in [-0.39, 0.29) is 11.9 Å². The molecule has 1 amide bonds. The molecular weight excluding hydrogens is 312 g/mol. The van der Waals surface area contributed by atoms with Gasteiger partial charge in [-0.2, -0.15) is 0 Å². The molecule has 1 unspecified atom stereocenters. The van der Waals surface area contributed by atoms with E-state index in [1.165, 1.54) is 10.9 Å². The van der Waals surface area contributed by atoms with Gasteiger partial charge in [-0.05, 0) is 37.8 Å². The molecule has 1 aromatic carbocycles. The second-order valence-electron chi connectivity index (χ2n) is 6.69. The number of nitrogens with zero attached hydrogens (tertiary/aromatic N) is 3. The predicted octanol–water partition coefficient (Wildman–Crippen LogP) is 3.56. The van der Waals surface area contributed by atoms with Gasteiger partial charge in [0.25, 0.3) is 0 Å². The van der Waals surface area contributed by atoms with Crippen molar-refractivity contribution in [3.05, 3.63) is 59.8 Å². The highest BCUT2D eigenvalue weighted by Gasteiger charge is 2.30. The Labute approximate surface area is 147 Å². The lowest BCUT2D eigenvalue weighted by molar-refractivity contribution is -0.132. The normalized spacial score (nSPS) is 17.3. The van der Waals surface area contributed by atoms with Crippen LogP contribution in [-0.2, 0) is 11.2 Å². The maximum absolute atomic E-state index is 12.8. The predicted molar refractivity (Wildman–Crippen MR) is 97.1 cm³/mol. The molecule has 1 aliphatic rings. The van der Waals surface area contributed by atoms with Gasteiger partial charge in [0.1, 0.15) is 0 Å². The second-order valence-corrected chi connectivity index (χ2v) is 6.69. The Bertz CT molecular complexity index is 901. The summed E-state index contributed by atoms with van der Waals surface area (Å²) in [6.45, 7) is 2.75. The van der Waals surface area contributed by atoms with Crippen LogP contribution in [0.2, 0.25) is 0 Å². The van der Waals surface area contributed by atoms with Gasteiger partial charge in [-0.1, -0.05) is 18.2 Å². The molecule has 0 radical (unpaired) electrons. The van der Waals surface area contributed by atoms with Crippen molar-refractivity contribution in [2.75, 3.05) is 6.54 Å². The summed E-state index contributed by atoms with van der Waals surface area (Å²) in [5.41, 5.74) is 4.14. The topological polar surface area (TPSA) is 61.9 Å². The number of aromatic nitrogens is 3. The highest BCUT2D eigenvalue weighted by molar-refractivity contribution is 5.84. The smallest absolute Gasteiger partial charge is 0.223 e. The van der Waals surface area contributed by atoms with E-state index in [0.29, 0.717) is 6.42 Å². The molecule has 3 aromatic rings. The first-order chi connectivity index (χ1) is 12.2. The van der Waals surface area contributed by atoms with E-state index in [2.05, 4.69) is 27.1 Å². The van der Waals surface area contributed by atoms with E-state index >= 15 is 0 Å². The fourth-order valence-electron chi connectivity index (χ4n) is 3.74. The maximum Gasteiger partial charge on any atom is 0.223 e. The molecule has 4 rings (SSSR count). The van der Waals surface area contributed by atoms with Gasteiger partial charge >= 0.3 is 0 Å². The first-order valence-electron chi connectivity index (χ1n) is 8.85. The van der Waals surface area contributed by atoms with Crippen LogP contribution in [0.15, 0.2) is 42.9 Å². The minimum atomic E-state index is 0.0721. The molecule has 5 heteroatoms. The first kappa shape index (κ1) is 15.8.